The maximum atomic E-state index is 6.46. The molecule has 4 fully saturated rings. The minimum absolute atomic E-state index is 0.706. The van der Waals surface area contributed by atoms with E-state index in [1.165, 1.54) is 249 Å². The van der Waals surface area contributed by atoms with Crippen LogP contribution in [0.3, 0.4) is 0 Å². The minimum Gasteiger partial charge on any atom is -0.0840 e. The summed E-state index contributed by atoms with van der Waals surface area (Å²) in [4.78, 5) is 0. The number of unbranched alkanes of at least 4 members (excludes halogenated alkanes) is 17. The Bertz CT molecular complexity index is 1350. The third-order valence-corrected chi connectivity index (χ3v) is 17.7. The van der Waals surface area contributed by atoms with E-state index in [1.54, 1.807) is 0 Å². The number of benzene rings is 2. The molecule has 4 aliphatic rings. The number of halogens is 2. The molecule has 4 aliphatic carbocycles. The Labute approximate surface area is 389 Å². The Kier molecular flexibility index (Phi) is 25.9. The molecule has 6 rings (SSSR count). The summed E-state index contributed by atoms with van der Waals surface area (Å²) < 4.78 is 0. The normalized spacial score (nSPS) is 27.0. The fourth-order valence-corrected chi connectivity index (χ4v) is 13.6. The molecule has 2 heteroatoms. The summed E-state index contributed by atoms with van der Waals surface area (Å²) in [5, 5.41) is 1.97. The lowest BCUT2D eigenvalue weighted by Crippen LogP contribution is -2.25. The largest absolute Gasteiger partial charge is 0.0840 e. The van der Waals surface area contributed by atoms with Gasteiger partial charge in [0, 0.05) is 10.0 Å². The van der Waals surface area contributed by atoms with Crippen LogP contribution in [0, 0.1) is 35.5 Å². The lowest BCUT2D eigenvalue weighted by atomic mass is 9.68. The highest BCUT2D eigenvalue weighted by Crippen LogP contribution is 2.47. The van der Waals surface area contributed by atoms with Crippen molar-refractivity contribution in [2.45, 2.75) is 263 Å². The molecule has 4 saturated carbocycles. The molecule has 0 unspecified atom stereocenters. The van der Waals surface area contributed by atoms with Crippen LogP contribution in [0.2, 0.25) is 10.0 Å². The maximum absolute atomic E-state index is 6.46. The molecule has 346 valence electrons. The van der Waals surface area contributed by atoms with Crippen molar-refractivity contribution in [1.82, 2.24) is 0 Å². The van der Waals surface area contributed by atoms with E-state index in [0.717, 1.165) is 45.6 Å². The summed E-state index contributed by atoms with van der Waals surface area (Å²) in [5.74, 6) is 7.55. The quantitative estimate of drug-likeness (QED) is 0.0872. The summed E-state index contributed by atoms with van der Waals surface area (Å²) in [5.41, 5.74) is 2.81. The third kappa shape index (κ3) is 19.2. The Morgan fingerprint density at radius 2 is 0.590 bits per heavy atom. The van der Waals surface area contributed by atoms with Gasteiger partial charge < -0.3 is 0 Å². The van der Waals surface area contributed by atoms with Gasteiger partial charge >= 0.3 is 0 Å². The van der Waals surface area contributed by atoms with E-state index in [9.17, 15) is 0 Å². The van der Waals surface area contributed by atoms with Crippen molar-refractivity contribution in [3.63, 3.8) is 0 Å². The van der Waals surface area contributed by atoms with Crippen molar-refractivity contribution in [3.8, 4) is 0 Å². The first-order valence-electron chi connectivity index (χ1n) is 27.5. The average Bonchev–Trinajstić information content (AvgIpc) is 3.30. The highest BCUT2D eigenvalue weighted by atomic mass is 35.5. The van der Waals surface area contributed by atoms with Crippen molar-refractivity contribution < 1.29 is 0 Å². The Morgan fingerprint density at radius 3 is 0.885 bits per heavy atom. The standard InChI is InChI=1S/C30H49Cl.C29H47Cl/c1-2-3-4-5-6-7-8-9-10-11-14-25-17-19-26(20-18-25)27-21-23-28(24-22-27)29-15-12-13-16-30(29)31;1-2-3-4-5-6-7-8-9-10-13-24-16-18-25(19-17-24)26-20-22-27(23-21-26)28-14-11-12-15-29(28)30/h12-13,15-16,25-28H,2-11,14,17-24H2,1H3;11-12,14-15,24-27H,2-10,13,16-23H2,1H3. The fraction of sp³-hybridized carbons (Fsp3) is 0.797. The van der Waals surface area contributed by atoms with E-state index < -0.39 is 0 Å². The molecule has 0 N–H and O–H groups in total. The second-order valence-electron chi connectivity index (χ2n) is 21.4. The van der Waals surface area contributed by atoms with Crippen LogP contribution in [-0.4, -0.2) is 0 Å². The summed E-state index contributed by atoms with van der Waals surface area (Å²) >= 11 is 12.9. The average molecular weight is 876 g/mol. The van der Waals surface area contributed by atoms with Gasteiger partial charge in [-0.3, -0.25) is 0 Å². The van der Waals surface area contributed by atoms with E-state index >= 15 is 0 Å². The van der Waals surface area contributed by atoms with Gasteiger partial charge in [0.2, 0.25) is 0 Å². The van der Waals surface area contributed by atoms with E-state index in [4.69, 9.17) is 23.2 Å². The smallest absolute Gasteiger partial charge is 0.0440 e. The highest BCUT2D eigenvalue weighted by molar-refractivity contribution is 6.31. The number of hydrogen-bond acceptors (Lipinski definition) is 0. The zero-order valence-electron chi connectivity index (χ0n) is 40.2. The molecule has 2 aromatic rings. The SMILES string of the molecule is CCCCCCCCCCCC1CCC(C2CCC(c3ccccc3Cl)CC2)CC1.CCCCCCCCCCCCC1CCC(C2CCC(c3ccccc3Cl)CC2)CC1. The second-order valence-corrected chi connectivity index (χ2v) is 22.2. The lowest BCUT2D eigenvalue weighted by Gasteiger charge is -2.38. The van der Waals surface area contributed by atoms with Gasteiger partial charge in [0.15, 0.2) is 0 Å². The molecule has 0 bridgehead atoms. The zero-order chi connectivity index (χ0) is 42.7. The van der Waals surface area contributed by atoms with Crippen LogP contribution in [-0.2, 0) is 0 Å². The first-order chi connectivity index (χ1) is 30.1. The molecular weight excluding hydrogens is 780 g/mol. The topological polar surface area (TPSA) is 0 Å². The van der Waals surface area contributed by atoms with Crippen molar-refractivity contribution >= 4 is 23.2 Å². The van der Waals surface area contributed by atoms with Crippen molar-refractivity contribution in [2.24, 2.45) is 35.5 Å². The monoisotopic (exact) mass is 875 g/mol. The van der Waals surface area contributed by atoms with Crippen LogP contribution in [0.5, 0.6) is 0 Å². The van der Waals surface area contributed by atoms with Crippen LogP contribution in [0.1, 0.15) is 274 Å². The first-order valence-corrected chi connectivity index (χ1v) is 28.3. The molecule has 0 radical (unpaired) electrons. The van der Waals surface area contributed by atoms with Gasteiger partial charge in [0.05, 0.1) is 0 Å². The molecule has 2 aromatic carbocycles. The first kappa shape index (κ1) is 51.0. The molecule has 0 atom stereocenters. The summed E-state index contributed by atoms with van der Waals surface area (Å²) in [6.07, 6.45) is 54.1. The van der Waals surface area contributed by atoms with Crippen molar-refractivity contribution in [2.75, 3.05) is 0 Å². The van der Waals surface area contributed by atoms with Gasteiger partial charge in [-0.25, -0.2) is 0 Å². The molecule has 61 heavy (non-hydrogen) atoms. The molecule has 0 heterocycles. The Morgan fingerprint density at radius 1 is 0.328 bits per heavy atom. The Balaban J connectivity index is 0.000000231. The summed E-state index contributed by atoms with van der Waals surface area (Å²) in [6, 6.07) is 17.1. The predicted octanol–water partition coefficient (Wildman–Crippen LogP) is 21.1. The van der Waals surface area contributed by atoms with Crippen LogP contribution in [0.25, 0.3) is 0 Å². The zero-order valence-corrected chi connectivity index (χ0v) is 41.7. The van der Waals surface area contributed by atoms with E-state index in [1.807, 2.05) is 0 Å². The summed E-state index contributed by atoms with van der Waals surface area (Å²) in [6.45, 7) is 4.61. The van der Waals surface area contributed by atoms with E-state index in [2.05, 4.69) is 62.4 Å². The molecule has 0 spiro atoms. The van der Waals surface area contributed by atoms with Crippen LogP contribution < -0.4 is 0 Å². The molecule has 0 aliphatic heterocycles. The predicted molar refractivity (Wildman–Crippen MR) is 272 cm³/mol. The van der Waals surface area contributed by atoms with E-state index in [0.29, 0.717) is 11.8 Å². The van der Waals surface area contributed by atoms with Gasteiger partial charge in [-0.05, 0) is 148 Å². The molecule has 0 aromatic heterocycles. The van der Waals surface area contributed by atoms with Crippen LogP contribution >= 0.6 is 23.2 Å². The van der Waals surface area contributed by atoms with Gasteiger partial charge in [-0.2, -0.15) is 0 Å². The maximum Gasteiger partial charge on any atom is 0.0440 e. The van der Waals surface area contributed by atoms with Gasteiger partial charge in [0.25, 0.3) is 0 Å². The number of rotatable bonds is 25. The Hall–Kier alpha value is -0.980. The third-order valence-electron chi connectivity index (χ3n) is 17.0. The van der Waals surface area contributed by atoms with Crippen molar-refractivity contribution in [1.29, 1.82) is 0 Å². The van der Waals surface area contributed by atoms with Crippen LogP contribution in [0.4, 0.5) is 0 Å². The van der Waals surface area contributed by atoms with Gasteiger partial charge in [-0.15, -0.1) is 0 Å². The summed E-state index contributed by atoms with van der Waals surface area (Å²) in [7, 11) is 0. The second kappa shape index (κ2) is 31.0. The van der Waals surface area contributed by atoms with Crippen LogP contribution in [0.15, 0.2) is 48.5 Å². The molecule has 0 amide bonds. The number of hydrogen-bond donors (Lipinski definition) is 0. The molecule has 0 nitrogen and oxygen atoms in total. The van der Waals surface area contributed by atoms with Gasteiger partial charge in [-0.1, -0.05) is 234 Å². The lowest BCUT2D eigenvalue weighted by molar-refractivity contribution is 0.155. The van der Waals surface area contributed by atoms with Crippen molar-refractivity contribution in [3.05, 3.63) is 69.7 Å². The molecule has 0 saturated heterocycles. The highest BCUT2D eigenvalue weighted by Gasteiger charge is 2.33. The van der Waals surface area contributed by atoms with Gasteiger partial charge in [0.1, 0.15) is 0 Å². The van der Waals surface area contributed by atoms with E-state index in [-0.39, 0.29) is 0 Å². The molecular formula is C59H96Cl2. The fourth-order valence-electron chi connectivity index (χ4n) is 13.0. The minimum atomic E-state index is 0.706.